The Morgan fingerprint density at radius 2 is 1.39 bits per heavy atom. The normalized spacial score (nSPS) is 17.5. The average Bonchev–Trinajstić information content (AvgIpc) is 3.20. The minimum absolute atomic E-state index is 0.0752. The monoisotopic (exact) mass is 556 g/mol. The predicted octanol–water partition coefficient (Wildman–Crippen LogP) is 4.03. The van der Waals surface area contributed by atoms with Crippen LogP contribution in [0, 0.1) is 12.7 Å². The zero-order chi connectivity index (χ0) is 28.9. The lowest BCUT2D eigenvalue weighted by Gasteiger charge is -2.49. The number of aryl methyl sites for hydroxylation is 1. The summed E-state index contributed by atoms with van der Waals surface area (Å²) in [6.45, 7) is 7.27. The zero-order valence-corrected chi connectivity index (χ0v) is 20.5. The second-order valence-electron chi connectivity index (χ2n) is 8.84. The minimum Gasteiger partial charge on any atom is -0.475 e. The molecule has 0 bridgehead atoms. The van der Waals surface area contributed by atoms with Crippen molar-refractivity contribution >= 4 is 11.9 Å². The van der Waals surface area contributed by atoms with Gasteiger partial charge in [0, 0.05) is 44.6 Å². The van der Waals surface area contributed by atoms with Gasteiger partial charge in [-0.3, -0.25) is 9.80 Å². The number of rotatable bonds is 2. The van der Waals surface area contributed by atoms with Crippen LogP contribution in [0.25, 0.3) is 0 Å². The minimum atomic E-state index is -5.08. The van der Waals surface area contributed by atoms with Gasteiger partial charge in [-0.05, 0) is 44.5 Å². The summed E-state index contributed by atoms with van der Waals surface area (Å²) >= 11 is 0. The molecule has 1 fully saturated rings. The number of likely N-dealkylation sites (tertiary alicyclic amines) is 1. The van der Waals surface area contributed by atoms with Gasteiger partial charge in [-0.2, -0.15) is 26.3 Å². The predicted molar refractivity (Wildman–Crippen MR) is 120 cm³/mol. The largest absolute Gasteiger partial charge is 0.490 e. The Morgan fingerprint density at radius 1 is 0.921 bits per heavy atom. The molecule has 8 nitrogen and oxygen atoms in total. The molecule has 15 heteroatoms. The number of fused-ring (bicyclic) bond motifs is 2. The molecule has 4 rings (SSSR count). The summed E-state index contributed by atoms with van der Waals surface area (Å²) in [4.78, 5) is 27.5. The van der Waals surface area contributed by atoms with E-state index < -0.39 is 24.3 Å². The van der Waals surface area contributed by atoms with Crippen molar-refractivity contribution in [2.75, 3.05) is 26.7 Å². The van der Waals surface area contributed by atoms with E-state index in [-0.39, 0.29) is 11.4 Å². The summed E-state index contributed by atoms with van der Waals surface area (Å²) in [5, 5.41) is 14.2. The molecule has 0 amide bonds. The van der Waals surface area contributed by atoms with Crippen molar-refractivity contribution in [3.63, 3.8) is 0 Å². The third kappa shape index (κ3) is 7.90. The number of carbonyl (C=O) groups is 2. The molecular weight excluding hydrogens is 529 g/mol. The van der Waals surface area contributed by atoms with E-state index in [1.54, 1.807) is 12.1 Å². The second kappa shape index (κ2) is 12.1. The summed E-state index contributed by atoms with van der Waals surface area (Å²) in [6, 6.07) is 6.88. The molecule has 38 heavy (non-hydrogen) atoms. The van der Waals surface area contributed by atoms with Crippen LogP contribution in [0.2, 0.25) is 0 Å². The fourth-order valence-electron chi connectivity index (χ4n) is 4.28. The van der Waals surface area contributed by atoms with E-state index in [9.17, 15) is 30.7 Å². The van der Waals surface area contributed by atoms with Crippen molar-refractivity contribution in [3.8, 4) is 0 Å². The van der Waals surface area contributed by atoms with E-state index in [1.807, 2.05) is 18.3 Å². The lowest BCUT2D eigenvalue weighted by atomic mass is 9.83. The van der Waals surface area contributed by atoms with Gasteiger partial charge in [0.15, 0.2) is 0 Å². The molecule has 2 N–H and O–H groups in total. The van der Waals surface area contributed by atoms with Crippen LogP contribution in [0.4, 0.5) is 30.7 Å². The number of hydrogen-bond acceptors (Lipinski definition) is 5. The van der Waals surface area contributed by atoms with E-state index in [4.69, 9.17) is 24.8 Å². The molecule has 0 aliphatic carbocycles. The van der Waals surface area contributed by atoms with Crippen LogP contribution in [0.3, 0.4) is 0 Å². The first-order valence-electron chi connectivity index (χ1n) is 11.3. The Balaban J connectivity index is 0.000000301. The Hall–Kier alpha value is -3.20. The maximum atomic E-state index is 13.1. The van der Waals surface area contributed by atoms with Crippen molar-refractivity contribution in [2.45, 2.75) is 50.7 Å². The van der Waals surface area contributed by atoms with Crippen molar-refractivity contribution in [1.82, 2.24) is 19.4 Å². The van der Waals surface area contributed by atoms with E-state index in [2.05, 4.69) is 28.3 Å². The number of likely N-dealkylation sites (N-methyl/N-ethyl adjacent to an activating group) is 1. The summed E-state index contributed by atoms with van der Waals surface area (Å²) in [5.41, 5.74) is 2.53. The van der Waals surface area contributed by atoms with Crippen molar-refractivity contribution in [1.29, 1.82) is 0 Å². The molecule has 0 saturated carbocycles. The van der Waals surface area contributed by atoms with Gasteiger partial charge in [0.05, 0.1) is 5.54 Å². The molecule has 0 radical (unpaired) electrons. The first-order valence-corrected chi connectivity index (χ1v) is 11.3. The van der Waals surface area contributed by atoms with Crippen LogP contribution in [0.1, 0.15) is 29.9 Å². The third-order valence-corrected chi connectivity index (χ3v) is 6.35. The number of halogens is 7. The van der Waals surface area contributed by atoms with E-state index in [0.29, 0.717) is 0 Å². The average molecular weight is 556 g/mol. The number of aliphatic carboxylic acids is 2. The SMILES string of the molecule is Cc1cnc2n1CCN(C)C21CCN(Cc2ccc(F)cc2)CC1.O=C(O)C(F)(F)F.O=C(O)C(F)(F)F. The van der Waals surface area contributed by atoms with Crippen LogP contribution in [0.5, 0.6) is 0 Å². The molecule has 1 aromatic carbocycles. The number of carboxylic acids is 2. The van der Waals surface area contributed by atoms with E-state index >= 15 is 0 Å². The number of benzene rings is 1. The Morgan fingerprint density at radius 3 is 1.84 bits per heavy atom. The highest BCUT2D eigenvalue weighted by atomic mass is 19.4. The Kier molecular flexibility index (Phi) is 9.88. The van der Waals surface area contributed by atoms with Gasteiger partial charge in [-0.1, -0.05) is 12.1 Å². The number of nitrogens with zero attached hydrogens (tertiary/aromatic N) is 4. The van der Waals surface area contributed by atoms with Crippen molar-refractivity contribution in [2.24, 2.45) is 0 Å². The molecule has 1 saturated heterocycles. The van der Waals surface area contributed by atoms with Crippen LogP contribution < -0.4 is 0 Å². The van der Waals surface area contributed by atoms with Crippen LogP contribution >= 0.6 is 0 Å². The highest BCUT2D eigenvalue weighted by Gasteiger charge is 2.45. The smallest absolute Gasteiger partial charge is 0.475 e. The Labute approximate surface area is 213 Å². The number of piperidine rings is 1. The van der Waals surface area contributed by atoms with Crippen molar-refractivity contribution < 1.29 is 50.5 Å². The van der Waals surface area contributed by atoms with E-state index in [1.165, 1.54) is 17.1 Å². The second-order valence-corrected chi connectivity index (χ2v) is 8.84. The maximum Gasteiger partial charge on any atom is 0.490 e. The number of imidazole rings is 1. The molecule has 0 atom stereocenters. The molecular formula is C23H27F7N4O4. The van der Waals surface area contributed by atoms with E-state index in [0.717, 1.165) is 45.6 Å². The number of alkyl halides is 6. The third-order valence-electron chi connectivity index (χ3n) is 6.35. The summed E-state index contributed by atoms with van der Waals surface area (Å²) in [7, 11) is 2.24. The zero-order valence-electron chi connectivity index (χ0n) is 20.5. The molecule has 2 aromatic rings. The van der Waals surface area contributed by atoms with Gasteiger partial charge in [-0.15, -0.1) is 0 Å². The molecule has 212 valence electrons. The number of carboxylic acid groups (broad SMARTS) is 2. The number of aromatic nitrogens is 2. The fourth-order valence-corrected chi connectivity index (χ4v) is 4.28. The summed E-state index contributed by atoms with van der Waals surface area (Å²) in [5.74, 6) is -4.43. The van der Waals surface area contributed by atoms with Gasteiger partial charge in [-0.25, -0.2) is 19.0 Å². The first-order chi connectivity index (χ1) is 17.5. The molecule has 0 unspecified atom stereocenters. The van der Waals surface area contributed by atoms with Crippen LogP contribution in [0.15, 0.2) is 30.5 Å². The summed E-state index contributed by atoms with van der Waals surface area (Å²) < 4.78 is 78.9. The topological polar surface area (TPSA) is 98.9 Å². The lowest BCUT2D eigenvalue weighted by molar-refractivity contribution is -0.193. The molecule has 2 aliphatic heterocycles. The van der Waals surface area contributed by atoms with Gasteiger partial charge in [0.1, 0.15) is 11.6 Å². The standard InChI is InChI=1S/C19H25FN4.2C2HF3O2/c1-15-13-21-18-19(22(2)11-12-24(15)18)7-9-23(10-8-19)14-16-3-5-17(20)6-4-16;2*3-2(4,5)1(6)7/h3-6,13H,7-12,14H2,1-2H3;2*(H,6,7). The fraction of sp³-hybridized carbons (Fsp3) is 0.522. The highest BCUT2D eigenvalue weighted by Crippen LogP contribution is 2.40. The van der Waals surface area contributed by atoms with Crippen LogP contribution in [-0.2, 0) is 28.2 Å². The highest BCUT2D eigenvalue weighted by molar-refractivity contribution is 5.73. The molecule has 2 aliphatic rings. The van der Waals surface area contributed by atoms with Crippen LogP contribution in [-0.4, -0.2) is 80.5 Å². The lowest BCUT2D eigenvalue weighted by Crippen LogP contribution is -2.56. The first kappa shape index (κ1) is 31.0. The molecule has 3 heterocycles. The molecule has 1 aromatic heterocycles. The van der Waals surface area contributed by atoms with Gasteiger partial charge in [0.2, 0.25) is 0 Å². The van der Waals surface area contributed by atoms with Gasteiger partial charge in [0.25, 0.3) is 0 Å². The molecule has 1 spiro atoms. The quantitative estimate of drug-likeness (QED) is 0.539. The Bertz CT molecular complexity index is 1070. The number of hydrogen-bond donors (Lipinski definition) is 2. The van der Waals surface area contributed by atoms with Crippen molar-refractivity contribution in [3.05, 3.63) is 53.4 Å². The maximum absolute atomic E-state index is 13.1. The summed E-state index contributed by atoms with van der Waals surface area (Å²) in [6.07, 6.45) is -5.95. The van der Waals surface area contributed by atoms with Gasteiger partial charge >= 0.3 is 24.3 Å². The van der Waals surface area contributed by atoms with Gasteiger partial charge < -0.3 is 14.8 Å².